The molecule has 0 heterocycles. The minimum absolute atomic E-state index is 0.115. The maximum Gasteiger partial charge on any atom is 0.220 e. The third-order valence-electron chi connectivity index (χ3n) is 3.90. The van der Waals surface area contributed by atoms with Crippen LogP contribution in [0.4, 0.5) is 4.39 Å². The molecule has 0 aliphatic heterocycles. The number of halogens is 1. The normalized spacial score (nSPS) is 18.0. The molecule has 2 rings (SSSR count). The Morgan fingerprint density at radius 2 is 1.89 bits per heavy atom. The van der Waals surface area contributed by atoms with Crippen LogP contribution in [0.25, 0.3) is 0 Å². The summed E-state index contributed by atoms with van der Waals surface area (Å²) < 4.78 is 12.8. The van der Waals surface area contributed by atoms with Gasteiger partial charge in [-0.3, -0.25) is 4.79 Å². The number of hydrogen-bond acceptors (Lipinski definition) is 1. The van der Waals surface area contributed by atoms with Crippen LogP contribution in [0.2, 0.25) is 0 Å². The van der Waals surface area contributed by atoms with Crippen LogP contribution < -0.4 is 5.32 Å². The maximum atomic E-state index is 12.8. The molecule has 2 nitrogen and oxygen atoms in total. The second-order valence-corrected chi connectivity index (χ2v) is 5.56. The van der Waals surface area contributed by atoms with Gasteiger partial charge in [0.25, 0.3) is 0 Å². The highest BCUT2D eigenvalue weighted by Crippen LogP contribution is 2.21. The van der Waals surface area contributed by atoms with Gasteiger partial charge >= 0.3 is 0 Å². The number of benzene rings is 1. The zero-order chi connectivity index (χ0) is 13.7. The summed E-state index contributed by atoms with van der Waals surface area (Å²) >= 11 is 0. The van der Waals surface area contributed by atoms with Crippen molar-refractivity contribution in [3.05, 3.63) is 35.6 Å². The summed E-state index contributed by atoms with van der Waals surface area (Å²) in [6.07, 6.45) is 6.42. The van der Waals surface area contributed by atoms with Crippen LogP contribution >= 0.6 is 0 Å². The summed E-state index contributed by atoms with van der Waals surface area (Å²) in [4.78, 5) is 12.0. The van der Waals surface area contributed by atoms with Crippen LogP contribution in [-0.4, -0.2) is 11.9 Å². The summed E-state index contributed by atoms with van der Waals surface area (Å²) in [6, 6.07) is 6.78. The molecule has 1 fully saturated rings. The zero-order valence-electron chi connectivity index (χ0n) is 11.5. The van der Waals surface area contributed by atoms with Crippen molar-refractivity contribution >= 4 is 5.91 Å². The van der Waals surface area contributed by atoms with Crippen LogP contribution in [-0.2, 0) is 4.79 Å². The Labute approximate surface area is 114 Å². The average Bonchev–Trinajstić information content (AvgIpc) is 2.40. The fraction of sp³-hybridized carbons (Fsp3) is 0.562. The molecule has 1 aliphatic carbocycles. The lowest BCUT2D eigenvalue weighted by Gasteiger charge is -2.23. The largest absolute Gasteiger partial charge is 0.353 e. The molecule has 1 aromatic rings. The monoisotopic (exact) mass is 263 g/mol. The summed E-state index contributed by atoms with van der Waals surface area (Å²) in [6.45, 7) is 2.01. The quantitative estimate of drug-likeness (QED) is 0.880. The number of carbonyl (C=O) groups excluding carboxylic acids is 1. The van der Waals surface area contributed by atoms with Crippen molar-refractivity contribution in [1.82, 2.24) is 5.32 Å². The molecule has 1 aromatic carbocycles. The smallest absolute Gasteiger partial charge is 0.220 e. The van der Waals surface area contributed by atoms with Gasteiger partial charge in [-0.15, -0.1) is 0 Å². The molecule has 3 heteroatoms. The fourth-order valence-electron chi connectivity index (χ4n) is 2.72. The first-order valence-corrected chi connectivity index (χ1v) is 7.20. The third kappa shape index (κ3) is 4.34. The van der Waals surface area contributed by atoms with E-state index in [0.29, 0.717) is 12.5 Å². The summed E-state index contributed by atoms with van der Waals surface area (Å²) in [5.74, 6) is 0.00974. The summed E-state index contributed by atoms with van der Waals surface area (Å²) in [5, 5.41) is 3.12. The van der Waals surface area contributed by atoms with Gasteiger partial charge in [0.1, 0.15) is 5.82 Å². The van der Waals surface area contributed by atoms with E-state index in [9.17, 15) is 9.18 Å². The number of amides is 1. The second kappa shape index (κ2) is 6.69. The number of carbonyl (C=O) groups is 1. The van der Waals surface area contributed by atoms with Crippen molar-refractivity contribution in [3.63, 3.8) is 0 Å². The van der Waals surface area contributed by atoms with Gasteiger partial charge in [-0.2, -0.15) is 0 Å². The van der Waals surface area contributed by atoms with Crippen molar-refractivity contribution < 1.29 is 9.18 Å². The van der Waals surface area contributed by atoms with Crippen molar-refractivity contribution in [3.8, 4) is 0 Å². The van der Waals surface area contributed by atoms with E-state index in [-0.39, 0.29) is 17.6 Å². The predicted molar refractivity (Wildman–Crippen MR) is 74.4 cm³/mol. The molecular weight excluding hydrogens is 241 g/mol. The highest BCUT2D eigenvalue weighted by atomic mass is 19.1. The van der Waals surface area contributed by atoms with E-state index >= 15 is 0 Å². The van der Waals surface area contributed by atoms with E-state index < -0.39 is 0 Å². The Morgan fingerprint density at radius 3 is 2.53 bits per heavy atom. The Bertz CT molecular complexity index is 409. The first-order valence-electron chi connectivity index (χ1n) is 7.20. The van der Waals surface area contributed by atoms with Crippen LogP contribution in [0, 0.1) is 5.82 Å². The lowest BCUT2D eigenvalue weighted by Crippen LogP contribution is -2.36. The molecule has 1 aliphatic rings. The van der Waals surface area contributed by atoms with Gasteiger partial charge in [0.2, 0.25) is 5.91 Å². The Balaban J connectivity index is 1.82. The van der Waals surface area contributed by atoms with Crippen LogP contribution in [0.5, 0.6) is 0 Å². The van der Waals surface area contributed by atoms with Crippen molar-refractivity contribution in [2.24, 2.45) is 0 Å². The molecule has 0 unspecified atom stereocenters. The lowest BCUT2D eigenvalue weighted by molar-refractivity contribution is -0.122. The Morgan fingerprint density at radius 1 is 1.26 bits per heavy atom. The highest BCUT2D eigenvalue weighted by Gasteiger charge is 2.17. The van der Waals surface area contributed by atoms with Gasteiger partial charge in [-0.25, -0.2) is 4.39 Å². The van der Waals surface area contributed by atoms with Gasteiger partial charge in [-0.05, 0) is 36.5 Å². The van der Waals surface area contributed by atoms with Crippen molar-refractivity contribution in [2.75, 3.05) is 0 Å². The molecular formula is C16H22FNO. The molecule has 0 radical (unpaired) electrons. The van der Waals surface area contributed by atoms with E-state index in [1.54, 1.807) is 12.1 Å². The maximum absolute atomic E-state index is 12.8. The van der Waals surface area contributed by atoms with Crippen molar-refractivity contribution in [1.29, 1.82) is 0 Å². The minimum Gasteiger partial charge on any atom is -0.353 e. The second-order valence-electron chi connectivity index (χ2n) is 5.56. The average molecular weight is 263 g/mol. The fourth-order valence-corrected chi connectivity index (χ4v) is 2.72. The van der Waals surface area contributed by atoms with Gasteiger partial charge in [0.15, 0.2) is 0 Å². The zero-order valence-corrected chi connectivity index (χ0v) is 11.5. The molecule has 1 N–H and O–H groups in total. The van der Waals surface area contributed by atoms with E-state index in [2.05, 4.69) is 5.32 Å². The number of rotatable bonds is 4. The number of nitrogens with one attached hydrogen (secondary N) is 1. The van der Waals surface area contributed by atoms with Gasteiger partial charge < -0.3 is 5.32 Å². The first kappa shape index (κ1) is 14.0. The van der Waals surface area contributed by atoms with Crippen molar-refractivity contribution in [2.45, 2.75) is 57.4 Å². The molecule has 0 aromatic heterocycles. The SMILES string of the molecule is C[C@@H](CC(=O)NC1CCCCC1)c1ccc(F)cc1. The number of hydrogen-bond donors (Lipinski definition) is 1. The van der Waals surface area contributed by atoms with E-state index in [1.807, 2.05) is 6.92 Å². The predicted octanol–water partition coefficient (Wildman–Crippen LogP) is 3.77. The van der Waals surface area contributed by atoms with Crippen LogP contribution in [0.1, 0.15) is 56.9 Å². The van der Waals surface area contributed by atoms with Gasteiger partial charge in [0.05, 0.1) is 0 Å². The molecule has 1 amide bonds. The van der Waals surface area contributed by atoms with Crippen LogP contribution in [0.3, 0.4) is 0 Å². The van der Waals surface area contributed by atoms with E-state index in [0.717, 1.165) is 18.4 Å². The molecule has 1 saturated carbocycles. The molecule has 0 spiro atoms. The molecule has 0 bridgehead atoms. The first-order chi connectivity index (χ1) is 9.15. The highest BCUT2D eigenvalue weighted by molar-refractivity contribution is 5.77. The lowest BCUT2D eigenvalue weighted by atomic mass is 9.94. The standard InChI is InChI=1S/C16H22FNO/c1-12(13-7-9-14(17)10-8-13)11-16(19)18-15-5-3-2-4-6-15/h7-10,12,15H,2-6,11H2,1H3,(H,18,19)/t12-/m0/s1. The Kier molecular flexibility index (Phi) is 4.94. The van der Waals surface area contributed by atoms with Gasteiger partial charge in [-0.1, -0.05) is 38.3 Å². The minimum atomic E-state index is -0.234. The van der Waals surface area contributed by atoms with Crippen LogP contribution in [0.15, 0.2) is 24.3 Å². The molecule has 104 valence electrons. The molecule has 1 atom stereocenters. The van der Waals surface area contributed by atoms with Gasteiger partial charge in [0, 0.05) is 12.5 Å². The molecule has 0 saturated heterocycles. The van der Waals surface area contributed by atoms with E-state index in [4.69, 9.17) is 0 Å². The Hall–Kier alpha value is -1.38. The topological polar surface area (TPSA) is 29.1 Å². The van der Waals surface area contributed by atoms with E-state index in [1.165, 1.54) is 31.4 Å². The third-order valence-corrected chi connectivity index (χ3v) is 3.90. The summed E-state index contributed by atoms with van der Waals surface area (Å²) in [7, 11) is 0. The summed E-state index contributed by atoms with van der Waals surface area (Å²) in [5.41, 5.74) is 1.01. The molecule has 19 heavy (non-hydrogen) atoms.